The monoisotopic (exact) mass is 432 g/mol. The molecule has 0 N–H and O–H groups in total. The van der Waals surface area contributed by atoms with Crippen molar-refractivity contribution in [1.82, 2.24) is 29.9 Å². The molecule has 31 heavy (non-hydrogen) atoms. The molecule has 1 saturated heterocycles. The summed E-state index contributed by atoms with van der Waals surface area (Å²) in [6.07, 6.45) is 9.51. The first-order valence-corrected chi connectivity index (χ1v) is 10.5. The molecule has 0 bridgehead atoms. The average Bonchev–Trinajstić information content (AvgIpc) is 3.27. The lowest BCUT2D eigenvalue weighted by Gasteiger charge is -2.25. The summed E-state index contributed by atoms with van der Waals surface area (Å²) in [4.78, 5) is 11.2. The van der Waals surface area contributed by atoms with Crippen LogP contribution in [-0.4, -0.2) is 56.2 Å². The van der Waals surface area contributed by atoms with Crippen LogP contribution in [0.3, 0.4) is 0 Å². The van der Waals surface area contributed by atoms with E-state index in [-0.39, 0.29) is 0 Å². The zero-order valence-corrected chi connectivity index (χ0v) is 17.6. The Labute approximate surface area is 184 Å². The maximum atomic E-state index is 6.28. The van der Waals surface area contributed by atoms with Crippen LogP contribution < -0.4 is 0 Å². The minimum atomic E-state index is 0.657. The molecular weight excluding hydrogens is 412 g/mol. The lowest BCUT2D eigenvalue weighted by Crippen LogP contribution is -2.35. The van der Waals surface area contributed by atoms with Crippen molar-refractivity contribution in [3.8, 4) is 5.69 Å². The van der Waals surface area contributed by atoms with Gasteiger partial charge in [0.15, 0.2) is 0 Å². The minimum Gasteiger partial charge on any atom is -0.379 e. The topological polar surface area (TPSA) is 69.0 Å². The van der Waals surface area contributed by atoms with Gasteiger partial charge in [-0.15, -0.1) is 5.10 Å². The highest BCUT2D eigenvalue weighted by atomic mass is 35.5. The molecular formula is C23H21ClN6O. The number of hydrogen-bond donors (Lipinski definition) is 0. The summed E-state index contributed by atoms with van der Waals surface area (Å²) in [5, 5.41) is 10.4. The highest BCUT2D eigenvalue weighted by Gasteiger charge is 2.14. The Morgan fingerprint density at radius 1 is 1.03 bits per heavy atom. The number of nitrogens with zero attached hydrogens (tertiary/aromatic N) is 6. The maximum absolute atomic E-state index is 6.28. The Kier molecular flexibility index (Phi) is 5.71. The predicted octanol–water partition coefficient (Wildman–Crippen LogP) is 3.87. The lowest BCUT2D eigenvalue weighted by atomic mass is 10.1. The van der Waals surface area contributed by atoms with Crippen LogP contribution in [-0.2, 0) is 11.3 Å². The first kappa shape index (κ1) is 19.8. The van der Waals surface area contributed by atoms with E-state index in [9.17, 15) is 0 Å². The molecule has 0 spiro atoms. The van der Waals surface area contributed by atoms with Gasteiger partial charge in [0.1, 0.15) is 0 Å². The van der Waals surface area contributed by atoms with Crippen molar-refractivity contribution in [2.24, 2.45) is 0 Å². The van der Waals surface area contributed by atoms with Crippen LogP contribution >= 0.6 is 11.6 Å². The molecule has 0 atom stereocenters. The van der Waals surface area contributed by atoms with Crippen molar-refractivity contribution in [3.63, 3.8) is 0 Å². The van der Waals surface area contributed by atoms with Gasteiger partial charge >= 0.3 is 0 Å². The molecule has 3 aromatic heterocycles. The third kappa shape index (κ3) is 4.64. The summed E-state index contributed by atoms with van der Waals surface area (Å²) in [6.45, 7) is 4.08. The van der Waals surface area contributed by atoms with Gasteiger partial charge in [-0.25, -0.2) is 9.67 Å². The standard InChI is InChI=1S/C23H21ClN6O/c24-18-2-4-22-21(13-18)23(14-19(26-22)3-1-17-5-7-25-8-6-17)30-16-20(27-28-30)15-29-9-11-31-12-10-29/h1-8,13-14,16H,9-12,15H2/b3-1+. The van der Waals surface area contributed by atoms with Gasteiger partial charge in [0.2, 0.25) is 0 Å². The van der Waals surface area contributed by atoms with Crippen LogP contribution in [0, 0.1) is 0 Å². The normalized spacial score (nSPS) is 15.1. The SMILES string of the molecule is Clc1ccc2nc(/C=C/c3ccncc3)cc(-n3cc(CN4CCOCC4)nn3)c2c1. The molecule has 4 heterocycles. The van der Waals surface area contributed by atoms with E-state index in [0.29, 0.717) is 5.02 Å². The highest BCUT2D eigenvalue weighted by Crippen LogP contribution is 2.26. The van der Waals surface area contributed by atoms with Crippen molar-refractivity contribution in [2.75, 3.05) is 26.3 Å². The van der Waals surface area contributed by atoms with E-state index >= 15 is 0 Å². The zero-order chi connectivity index (χ0) is 21.0. The van der Waals surface area contributed by atoms with E-state index < -0.39 is 0 Å². The van der Waals surface area contributed by atoms with Gasteiger partial charge < -0.3 is 4.74 Å². The van der Waals surface area contributed by atoms with Crippen molar-refractivity contribution in [3.05, 3.63) is 77.0 Å². The fourth-order valence-electron chi connectivity index (χ4n) is 3.61. The van der Waals surface area contributed by atoms with Crippen LogP contribution in [0.15, 0.2) is 55.0 Å². The van der Waals surface area contributed by atoms with Gasteiger partial charge in [0.05, 0.1) is 42.0 Å². The van der Waals surface area contributed by atoms with Gasteiger partial charge in [0.25, 0.3) is 0 Å². The molecule has 0 amide bonds. The lowest BCUT2D eigenvalue weighted by molar-refractivity contribution is 0.0336. The summed E-state index contributed by atoms with van der Waals surface area (Å²) in [7, 11) is 0. The molecule has 0 unspecified atom stereocenters. The van der Waals surface area contributed by atoms with Gasteiger partial charge in [-0.3, -0.25) is 9.88 Å². The number of halogens is 1. The van der Waals surface area contributed by atoms with E-state index in [2.05, 4.69) is 20.2 Å². The second-order valence-corrected chi connectivity index (χ2v) is 7.82. The Balaban J connectivity index is 1.50. The molecule has 1 aromatic carbocycles. The quantitative estimate of drug-likeness (QED) is 0.477. The van der Waals surface area contributed by atoms with E-state index in [1.54, 1.807) is 17.1 Å². The highest BCUT2D eigenvalue weighted by molar-refractivity contribution is 6.31. The molecule has 1 aliphatic rings. The zero-order valence-electron chi connectivity index (χ0n) is 16.9. The molecule has 156 valence electrons. The smallest absolute Gasteiger partial charge is 0.0971 e. The number of rotatable bonds is 5. The third-order valence-corrected chi connectivity index (χ3v) is 5.43. The van der Waals surface area contributed by atoms with Gasteiger partial charge in [0, 0.05) is 42.4 Å². The Morgan fingerprint density at radius 3 is 2.71 bits per heavy atom. The molecule has 4 aromatic rings. The molecule has 0 aliphatic carbocycles. The molecule has 7 nitrogen and oxygen atoms in total. The summed E-state index contributed by atoms with van der Waals surface area (Å²) < 4.78 is 7.23. The van der Waals surface area contributed by atoms with Gasteiger partial charge in [-0.1, -0.05) is 22.9 Å². The Hall–Kier alpha value is -3.13. The Bertz CT molecular complexity index is 1220. The number of aromatic nitrogens is 5. The van der Waals surface area contributed by atoms with Crippen LogP contribution in [0.2, 0.25) is 5.02 Å². The number of fused-ring (bicyclic) bond motifs is 1. The summed E-state index contributed by atoms with van der Waals surface area (Å²) in [5.41, 5.74) is 4.54. The first-order valence-electron chi connectivity index (χ1n) is 10.1. The van der Waals surface area contributed by atoms with E-state index in [1.165, 1.54) is 0 Å². The summed E-state index contributed by atoms with van der Waals surface area (Å²) in [6, 6.07) is 11.6. The van der Waals surface area contributed by atoms with E-state index in [1.807, 2.05) is 54.7 Å². The van der Waals surface area contributed by atoms with Gasteiger partial charge in [-0.05, 0) is 48.0 Å². The molecule has 5 rings (SSSR count). The number of ether oxygens (including phenoxy) is 1. The fraction of sp³-hybridized carbons (Fsp3) is 0.217. The van der Waals surface area contributed by atoms with Crippen molar-refractivity contribution < 1.29 is 4.74 Å². The van der Waals surface area contributed by atoms with Crippen LogP contribution in [0.5, 0.6) is 0 Å². The average molecular weight is 433 g/mol. The summed E-state index contributed by atoms with van der Waals surface area (Å²) in [5.74, 6) is 0. The number of pyridine rings is 2. The third-order valence-electron chi connectivity index (χ3n) is 5.20. The second kappa shape index (κ2) is 8.93. The number of hydrogen-bond acceptors (Lipinski definition) is 6. The number of morpholine rings is 1. The largest absolute Gasteiger partial charge is 0.379 e. The van der Waals surface area contributed by atoms with Crippen LogP contribution in [0.1, 0.15) is 17.0 Å². The van der Waals surface area contributed by atoms with E-state index in [0.717, 1.165) is 66.4 Å². The maximum Gasteiger partial charge on any atom is 0.0971 e. The molecule has 8 heteroatoms. The molecule has 1 fully saturated rings. The van der Waals surface area contributed by atoms with Crippen molar-refractivity contribution >= 4 is 34.7 Å². The molecule has 1 aliphatic heterocycles. The van der Waals surface area contributed by atoms with Crippen molar-refractivity contribution in [2.45, 2.75) is 6.54 Å². The van der Waals surface area contributed by atoms with E-state index in [4.69, 9.17) is 21.3 Å². The molecule has 0 radical (unpaired) electrons. The Morgan fingerprint density at radius 2 is 1.87 bits per heavy atom. The van der Waals surface area contributed by atoms with Crippen LogP contribution in [0.4, 0.5) is 0 Å². The molecule has 0 saturated carbocycles. The minimum absolute atomic E-state index is 0.657. The summed E-state index contributed by atoms with van der Waals surface area (Å²) >= 11 is 6.28. The van der Waals surface area contributed by atoms with Gasteiger partial charge in [-0.2, -0.15) is 0 Å². The second-order valence-electron chi connectivity index (χ2n) is 7.38. The first-order chi connectivity index (χ1) is 15.2. The van der Waals surface area contributed by atoms with Crippen molar-refractivity contribution in [1.29, 1.82) is 0 Å². The number of benzene rings is 1. The van der Waals surface area contributed by atoms with Crippen LogP contribution in [0.25, 0.3) is 28.7 Å². The fourth-order valence-corrected chi connectivity index (χ4v) is 3.78. The predicted molar refractivity (Wildman–Crippen MR) is 121 cm³/mol.